The normalized spacial score (nSPS) is 19.1. The standard InChI is InChI=1S/C33H38N6O4/c1-19-29(37-30(40)28(15-33(2,3)4)38(5)32(42)43)31(41)39(27-13-10-20(16-34)14-26(27)36-19)18-24-22-8-6-7-9-25(22)35-17-23(24)21-11-12-21/h6-10,13-14,17,19,21,28-29,36H,11-12,15,18H2,1-5H3,(H,37,40)(H,42,43)/t19-,28-,29-/m0/s1. The minimum atomic E-state index is -1.22. The monoisotopic (exact) mass is 582 g/mol. The van der Waals surface area contributed by atoms with Crippen LogP contribution in [-0.2, 0) is 16.1 Å². The molecule has 3 amide bonds. The highest BCUT2D eigenvalue weighted by Gasteiger charge is 2.40. The number of likely N-dealkylation sites (N-methyl/N-ethyl adjacent to an activating group) is 1. The van der Waals surface area contributed by atoms with E-state index in [0.717, 1.165) is 39.8 Å². The number of hydrogen-bond acceptors (Lipinski definition) is 6. The van der Waals surface area contributed by atoms with Crippen molar-refractivity contribution in [2.24, 2.45) is 5.41 Å². The second-order valence-corrected chi connectivity index (χ2v) is 12.8. The molecule has 2 aliphatic rings. The number of para-hydroxylation sites is 1. The first kappa shape index (κ1) is 29.8. The maximum Gasteiger partial charge on any atom is 0.407 e. The molecule has 2 aromatic carbocycles. The van der Waals surface area contributed by atoms with Crippen LogP contribution in [0, 0.1) is 16.7 Å². The third-order valence-electron chi connectivity index (χ3n) is 8.26. The van der Waals surface area contributed by atoms with Crippen LogP contribution in [0.5, 0.6) is 0 Å². The Morgan fingerprint density at radius 2 is 1.95 bits per heavy atom. The average molecular weight is 583 g/mol. The van der Waals surface area contributed by atoms with Crippen molar-refractivity contribution in [3.05, 3.63) is 65.4 Å². The van der Waals surface area contributed by atoms with Gasteiger partial charge in [-0.2, -0.15) is 5.26 Å². The molecular formula is C33H38N6O4. The van der Waals surface area contributed by atoms with Crippen molar-refractivity contribution in [3.63, 3.8) is 0 Å². The first-order chi connectivity index (χ1) is 20.4. The van der Waals surface area contributed by atoms with Crippen LogP contribution in [0.2, 0.25) is 0 Å². The van der Waals surface area contributed by atoms with E-state index in [4.69, 9.17) is 0 Å². The number of hydrogen-bond donors (Lipinski definition) is 3. The van der Waals surface area contributed by atoms with Gasteiger partial charge in [0.15, 0.2) is 0 Å². The predicted octanol–water partition coefficient (Wildman–Crippen LogP) is 5.23. The van der Waals surface area contributed by atoms with Crippen LogP contribution in [0.3, 0.4) is 0 Å². The van der Waals surface area contributed by atoms with Gasteiger partial charge in [0, 0.05) is 18.6 Å². The Morgan fingerprint density at radius 1 is 1.23 bits per heavy atom. The number of amides is 3. The van der Waals surface area contributed by atoms with E-state index in [1.54, 1.807) is 30.0 Å². The second kappa shape index (κ2) is 11.6. The summed E-state index contributed by atoms with van der Waals surface area (Å²) in [6.07, 6.45) is 3.08. The summed E-state index contributed by atoms with van der Waals surface area (Å²) in [5, 5.41) is 26.5. The molecule has 1 saturated carbocycles. The average Bonchev–Trinajstić information content (AvgIpc) is 3.82. The summed E-state index contributed by atoms with van der Waals surface area (Å²) < 4.78 is 0. The van der Waals surface area contributed by atoms with Crippen molar-refractivity contribution in [1.29, 1.82) is 5.26 Å². The Balaban J connectivity index is 1.57. The van der Waals surface area contributed by atoms with Gasteiger partial charge in [-0.15, -0.1) is 0 Å². The van der Waals surface area contributed by atoms with E-state index in [-0.39, 0.29) is 24.3 Å². The van der Waals surface area contributed by atoms with Crippen molar-refractivity contribution in [1.82, 2.24) is 15.2 Å². The molecule has 3 N–H and O–H groups in total. The number of fused-ring (bicyclic) bond motifs is 2. The lowest BCUT2D eigenvalue weighted by atomic mass is 9.87. The number of pyridine rings is 1. The van der Waals surface area contributed by atoms with Crippen LogP contribution in [0.1, 0.15) is 69.6 Å². The van der Waals surface area contributed by atoms with E-state index < -0.39 is 30.1 Å². The van der Waals surface area contributed by atoms with Crippen LogP contribution in [0.25, 0.3) is 10.9 Å². The maximum absolute atomic E-state index is 14.5. The fraction of sp³-hybridized carbons (Fsp3) is 0.424. The van der Waals surface area contributed by atoms with E-state index in [1.165, 1.54) is 7.05 Å². The summed E-state index contributed by atoms with van der Waals surface area (Å²) in [7, 11) is 1.37. The lowest BCUT2D eigenvalue weighted by molar-refractivity contribution is -0.131. The van der Waals surface area contributed by atoms with Crippen molar-refractivity contribution in [3.8, 4) is 6.07 Å². The third kappa shape index (κ3) is 6.26. The van der Waals surface area contributed by atoms with Crippen LogP contribution in [0.15, 0.2) is 48.7 Å². The van der Waals surface area contributed by atoms with Gasteiger partial charge in [-0.05, 0) is 72.9 Å². The van der Waals surface area contributed by atoms with Crippen LogP contribution < -0.4 is 15.5 Å². The summed E-state index contributed by atoms with van der Waals surface area (Å²) in [6.45, 7) is 7.85. The Labute approximate surface area is 251 Å². The van der Waals surface area contributed by atoms with Crippen LogP contribution in [0.4, 0.5) is 16.2 Å². The van der Waals surface area contributed by atoms with Crippen molar-refractivity contribution >= 4 is 40.2 Å². The first-order valence-corrected chi connectivity index (χ1v) is 14.6. The molecule has 0 radical (unpaired) electrons. The zero-order valence-corrected chi connectivity index (χ0v) is 25.2. The zero-order valence-electron chi connectivity index (χ0n) is 25.2. The summed E-state index contributed by atoms with van der Waals surface area (Å²) >= 11 is 0. The Bertz CT molecular complexity index is 1620. The topological polar surface area (TPSA) is 139 Å². The smallest absolute Gasteiger partial charge is 0.407 e. The molecule has 10 nitrogen and oxygen atoms in total. The molecule has 3 atom stereocenters. The fourth-order valence-electron chi connectivity index (χ4n) is 5.80. The molecule has 1 aliphatic carbocycles. The molecule has 0 bridgehead atoms. The van der Waals surface area contributed by atoms with E-state index in [0.29, 0.717) is 22.9 Å². The number of aromatic nitrogens is 1. The van der Waals surface area contributed by atoms with Crippen LogP contribution in [-0.4, -0.2) is 58.1 Å². The molecule has 10 heteroatoms. The first-order valence-electron chi connectivity index (χ1n) is 14.6. The summed E-state index contributed by atoms with van der Waals surface area (Å²) in [6, 6.07) is 12.6. The zero-order chi connectivity index (χ0) is 31.1. The molecular weight excluding hydrogens is 544 g/mol. The molecule has 0 spiro atoms. The van der Waals surface area contributed by atoms with Crippen molar-refractivity contribution in [2.75, 3.05) is 17.3 Å². The highest BCUT2D eigenvalue weighted by atomic mass is 16.4. The van der Waals surface area contributed by atoms with Crippen molar-refractivity contribution in [2.45, 2.75) is 77.5 Å². The van der Waals surface area contributed by atoms with Gasteiger partial charge >= 0.3 is 6.09 Å². The van der Waals surface area contributed by atoms with Crippen molar-refractivity contribution < 1.29 is 19.5 Å². The second-order valence-electron chi connectivity index (χ2n) is 12.8. The molecule has 224 valence electrons. The molecule has 1 aromatic heterocycles. The molecule has 2 heterocycles. The highest BCUT2D eigenvalue weighted by molar-refractivity contribution is 6.04. The number of nitrogens with zero attached hydrogens (tertiary/aromatic N) is 4. The third-order valence-corrected chi connectivity index (χ3v) is 8.26. The van der Waals surface area contributed by atoms with Gasteiger partial charge < -0.3 is 20.6 Å². The number of carboxylic acid groups (broad SMARTS) is 1. The Morgan fingerprint density at radius 3 is 2.60 bits per heavy atom. The predicted molar refractivity (Wildman–Crippen MR) is 165 cm³/mol. The lowest BCUT2D eigenvalue weighted by Gasteiger charge is -2.33. The van der Waals surface area contributed by atoms with Crippen LogP contribution >= 0.6 is 0 Å². The highest BCUT2D eigenvalue weighted by Crippen LogP contribution is 2.44. The van der Waals surface area contributed by atoms with Gasteiger partial charge in [-0.3, -0.25) is 19.5 Å². The maximum atomic E-state index is 14.5. The number of rotatable bonds is 7. The number of benzene rings is 2. The number of carbonyl (C=O) groups excluding carboxylic acids is 2. The quantitative estimate of drug-likeness (QED) is 0.347. The summed E-state index contributed by atoms with van der Waals surface area (Å²) in [5.74, 6) is -0.484. The molecule has 43 heavy (non-hydrogen) atoms. The summed E-state index contributed by atoms with van der Waals surface area (Å²) in [5.41, 5.74) is 4.26. The molecule has 0 saturated heterocycles. The largest absolute Gasteiger partial charge is 0.465 e. The number of nitrogens with one attached hydrogen (secondary N) is 2. The van der Waals surface area contributed by atoms with Gasteiger partial charge in [-0.1, -0.05) is 39.0 Å². The number of carbonyl (C=O) groups is 3. The molecule has 0 unspecified atom stereocenters. The van der Waals surface area contributed by atoms with E-state index >= 15 is 0 Å². The summed E-state index contributed by atoms with van der Waals surface area (Å²) in [4.78, 5) is 47.5. The molecule has 5 rings (SSSR count). The minimum Gasteiger partial charge on any atom is -0.465 e. The lowest BCUT2D eigenvalue weighted by Crippen LogP contribution is -2.58. The van der Waals surface area contributed by atoms with E-state index in [1.807, 2.05) is 51.2 Å². The molecule has 1 fully saturated rings. The Hall–Kier alpha value is -4.65. The molecule has 1 aliphatic heterocycles. The van der Waals surface area contributed by atoms with Gasteiger partial charge in [0.25, 0.3) is 5.91 Å². The van der Waals surface area contributed by atoms with Gasteiger partial charge in [0.2, 0.25) is 5.91 Å². The van der Waals surface area contributed by atoms with Gasteiger partial charge in [-0.25, -0.2) is 4.79 Å². The number of nitriles is 1. The Kier molecular flexibility index (Phi) is 8.02. The van der Waals surface area contributed by atoms with E-state index in [2.05, 4.69) is 21.7 Å². The minimum absolute atomic E-state index is 0.244. The van der Waals surface area contributed by atoms with E-state index in [9.17, 15) is 24.8 Å². The number of anilines is 2. The van der Waals surface area contributed by atoms with Gasteiger partial charge in [0.05, 0.1) is 41.1 Å². The fourth-order valence-corrected chi connectivity index (χ4v) is 5.80. The SMILES string of the molecule is C[C@@H]1Nc2cc(C#N)ccc2N(Cc2c(C3CC3)cnc3ccccc23)C(=O)[C@H]1NC(=O)[C@H](CC(C)(C)C)N(C)C(=O)O. The van der Waals surface area contributed by atoms with Gasteiger partial charge in [0.1, 0.15) is 12.1 Å². The molecule has 3 aromatic rings.